The summed E-state index contributed by atoms with van der Waals surface area (Å²) < 4.78 is 7.25. The van der Waals surface area contributed by atoms with Crippen LogP contribution in [0.4, 0.5) is 5.69 Å². The number of halogens is 1. The fraction of sp³-hybridized carbons (Fsp3) is 0.100. The van der Waals surface area contributed by atoms with E-state index in [1.54, 1.807) is 6.20 Å². The van der Waals surface area contributed by atoms with Crippen LogP contribution < -0.4 is 10.1 Å². The number of hydrogen-bond acceptors (Lipinski definition) is 7. The first-order valence-corrected chi connectivity index (χ1v) is 10.8. The molecule has 144 valence electrons. The van der Waals surface area contributed by atoms with Crippen molar-refractivity contribution in [1.82, 2.24) is 25.4 Å². The zero-order chi connectivity index (χ0) is 19.8. The highest BCUT2D eigenvalue weighted by Gasteiger charge is 2.28. The van der Waals surface area contributed by atoms with E-state index in [0.717, 1.165) is 32.5 Å². The second-order valence-electron chi connectivity index (χ2n) is 6.35. The molecule has 0 spiro atoms. The smallest absolute Gasteiger partial charge is 0.247 e. The highest BCUT2D eigenvalue weighted by atomic mass is 79.9. The summed E-state index contributed by atoms with van der Waals surface area (Å²) in [6, 6.07) is 16.0. The van der Waals surface area contributed by atoms with Crippen LogP contribution in [0.15, 0.2) is 64.4 Å². The topological polar surface area (TPSA) is 88.6 Å². The van der Waals surface area contributed by atoms with Crippen LogP contribution in [0.2, 0.25) is 0 Å². The van der Waals surface area contributed by atoms with Gasteiger partial charge in [0.25, 0.3) is 0 Å². The molecule has 1 aliphatic heterocycles. The number of nitrogens with one attached hydrogen (secondary N) is 2. The fourth-order valence-corrected chi connectivity index (χ4v) is 3.89. The molecule has 2 N–H and O–H groups in total. The first kappa shape index (κ1) is 18.1. The number of nitrogens with zero attached hydrogens (tertiary/aromatic N) is 4. The van der Waals surface area contributed by atoms with Gasteiger partial charge in [-0.25, -0.2) is 0 Å². The van der Waals surface area contributed by atoms with Crippen LogP contribution in [0, 0.1) is 0 Å². The molecular weight excluding hydrogens is 452 g/mol. The van der Waals surface area contributed by atoms with Gasteiger partial charge in [-0.3, -0.25) is 5.10 Å². The Balaban J connectivity index is 1.66. The summed E-state index contributed by atoms with van der Waals surface area (Å²) in [4.78, 5) is 4.56. The van der Waals surface area contributed by atoms with Gasteiger partial charge < -0.3 is 10.1 Å². The quantitative estimate of drug-likeness (QED) is 0.414. The third-order valence-corrected chi connectivity index (χ3v) is 5.62. The molecule has 29 heavy (non-hydrogen) atoms. The third-order valence-electron chi connectivity index (χ3n) is 4.58. The molecule has 1 unspecified atom stereocenters. The van der Waals surface area contributed by atoms with Gasteiger partial charge in [-0.05, 0) is 24.5 Å². The van der Waals surface area contributed by atoms with Crippen LogP contribution in [0.5, 0.6) is 5.88 Å². The number of hydrogen-bond donors (Lipinski definition) is 2. The Morgan fingerprint density at radius 3 is 2.79 bits per heavy atom. The summed E-state index contributed by atoms with van der Waals surface area (Å²) in [5.41, 5.74) is 5.13. The number of fused-ring (bicyclic) bond motifs is 3. The summed E-state index contributed by atoms with van der Waals surface area (Å²) in [5.74, 6) is 0.430. The Bertz CT molecular complexity index is 1180. The molecule has 0 amide bonds. The van der Waals surface area contributed by atoms with Gasteiger partial charge in [-0.15, -0.1) is 10.2 Å². The average Bonchev–Trinajstić information content (AvgIpc) is 3.19. The molecule has 7 nitrogen and oxygen atoms in total. The Morgan fingerprint density at radius 2 is 1.97 bits per heavy atom. The van der Waals surface area contributed by atoms with Gasteiger partial charge >= 0.3 is 0 Å². The molecule has 1 atom stereocenters. The number of benzene rings is 2. The number of aromatic amines is 1. The summed E-state index contributed by atoms with van der Waals surface area (Å²) in [6.45, 7) is 0. The van der Waals surface area contributed by atoms with Crippen molar-refractivity contribution in [3.8, 4) is 28.4 Å². The third kappa shape index (κ3) is 3.36. The monoisotopic (exact) mass is 466 g/mol. The van der Waals surface area contributed by atoms with Crippen LogP contribution in [-0.2, 0) is 0 Å². The van der Waals surface area contributed by atoms with Crippen molar-refractivity contribution in [2.75, 3.05) is 11.6 Å². The number of thioether (sulfide) groups is 1. The minimum absolute atomic E-state index is 0.430. The van der Waals surface area contributed by atoms with Crippen molar-refractivity contribution in [2.24, 2.45) is 0 Å². The normalized spacial score (nSPS) is 14.9. The van der Waals surface area contributed by atoms with E-state index in [1.165, 1.54) is 11.8 Å². The van der Waals surface area contributed by atoms with Gasteiger partial charge in [0.15, 0.2) is 5.69 Å². The van der Waals surface area contributed by atoms with E-state index >= 15 is 0 Å². The lowest BCUT2D eigenvalue weighted by Crippen LogP contribution is -2.17. The maximum absolute atomic E-state index is 6.31. The van der Waals surface area contributed by atoms with Crippen LogP contribution in [0.3, 0.4) is 0 Å². The molecule has 2 aromatic carbocycles. The summed E-state index contributed by atoms with van der Waals surface area (Å²) in [7, 11) is 0. The van der Waals surface area contributed by atoms with E-state index in [-0.39, 0.29) is 0 Å². The van der Waals surface area contributed by atoms with Gasteiger partial charge in [0.1, 0.15) is 0 Å². The molecule has 1 aliphatic rings. The molecule has 2 aromatic heterocycles. The summed E-state index contributed by atoms with van der Waals surface area (Å²) in [6.07, 6.45) is 3.17. The van der Waals surface area contributed by atoms with Crippen molar-refractivity contribution >= 4 is 33.4 Å². The molecule has 0 fully saturated rings. The number of H-pyrrole nitrogens is 1. The van der Waals surface area contributed by atoms with Crippen molar-refractivity contribution in [2.45, 2.75) is 11.4 Å². The lowest BCUT2D eigenvalue weighted by atomic mass is 10.1. The first-order valence-electron chi connectivity index (χ1n) is 8.83. The minimum atomic E-state index is -0.503. The Morgan fingerprint density at radius 1 is 1.10 bits per heavy atom. The van der Waals surface area contributed by atoms with E-state index in [9.17, 15) is 0 Å². The predicted octanol–water partition coefficient (Wildman–Crippen LogP) is 4.92. The molecule has 0 radical (unpaired) electrons. The highest BCUT2D eigenvalue weighted by Crippen LogP contribution is 2.41. The van der Waals surface area contributed by atoms with E-state index in [4.69, 9.17) is 4.74 Å². The average molecular weight is 467 g/mol. The van der Waals surface area contributed by atoms with Gasteiger partial charge in [0, 0.05) is 21.3 Å². The van der Waals surface area contributed by atoms with Crippen molar-refractivity contribution < 1.29 is 4.74 Å². The maximum atomic E-state index is 6.31. The van der Waals surface area contributed by atoms with Crippen LogP contribution >= 0.6 is 27.7 Å². The maximum Gasteiger partial charge on any atom is 0.247 e. The van der Waals surface area contributed by atoms with Gasteiger partial charge in [-0.1, -0.05) is 58.0 Å². The first-order chi connectivity index (χ1) is 14.2. The van der Waals surface area contributed by atoms with Gasteiger partial charge in [0.2, 0.25) is 17.3 Å². The second-order valence-corrected chi connectivity index (χ2v) is 8.04. The largest absolute Gasteiger partial charge is 0.448 e. The van der Waals surface area contributed by atoms with Crippen molar-refractivity contribution in [1.29, 1.82) is 0 Å². The number of aromatic nitrogens is 5. The Hall–Kier alpha value is -2.91. The standard InChI is InChI=1S/C20H15BrN6OS/c1-29-20-24-19-17(26-27-20)13-9-12(21)7-8-15(13)23-18(28-19)14-10-22-25-16(14)11-5-3-2-4-6-11/h2-10,18,23H,1H3,(H,22,25). The molecule has 0 saturated heterocycles. The van der Waals surface area contributed by atoms with E-state index in [0.29, 0.717) is 16.7 Å². The zero-order valence-electron chi connectivity index (χ0n) is 15.3. The van der Waals surface area contributed by atoms with Gasteiger partial charge in [0.05, 0.1) is 17.5 Å². The minimum Gasteiger partial charge on any atom is -0.448 e. The molecule has 4 aromatic rings. The second kappa shape index (κ2) is 7.49. The van der Waals surface area contributed by atoms with Crippen LogP contribution in [0.1, 0.15) is 11.8 Å². The van der Waals surface area contributed by atoms with Crippen LogP contribution in [0.25, 0.3) is 22.5 Å². The molecular formula is C20H15BrN6OS. The predicted molar refractivity (Wildman–Crippen MR) is 116 cm³/mol. The van der Waals surface area contributed by atoms with E-state index < -0.39 is 6.23 Å². The molecule has 3 heterocycles. The SMILES string of the molecule is CSc1nnc2c(n1)OC(c1cn[nH]c1-c1ccccc1)Nc1ccc(Br)cc1-2. The molecule has 0 aliphatic carbocycles. The molecule has 0 bridgehead atoms. The molecule has 9 heteroatoms. The van der Waals surface area contributed by atoms with E-state index in [2.05, 4.69) is 46.6 Å². The van der Waals surface area contributed by atoms with Gasteiger partial charge in [-0.2, -0.15) is 10.1 Å². The van der Waals surface area contributed by atoms with E-state index in [1.807, 2.05) is 54.8 Å². The Kier molecular flexibility index (Phi) is 4.69. The number of anilines is 1. The molecule has 0 saturated carbocycles. The lowest BCUT2D eigenvalue weighted by molar-refractivity contribution is 0.226. The number of rotatable bonds is 3. The molecule has 5 rings (SSSR count). The summed E-state index contributed by atoms with van der Waals surface area (Å²) >= 11 is 4.95. The number of ether oxygens (including phenoxy) is 1. The van der Waals surface area contributed by atoms with Crippen LogP contribution in [-0.4, -0.2) is 31.6 Å². The fourth-order valence-electron chi connectivity index (χ4n) is 3.23. The zero-order valence-corrected chi connectivity index (χ0v) is 17.7. The lowest BCUT2D eigenvalue weighted by Gasteiger charge is -2.19. The summed E-state index contributed by atoms with van der Waals surface area (Å²) in [5, 5.41) is 19.9. The van der Waals surface area contributed by atoms with Crippen molar-refractivity contribution in [3.63, 3.8) is 0 Å². The van der Waals surface area contributed by atoms with Crippen molar-refractivity contribution in [3.05, 3.63) is 64.8 Å². The Labute approximate surface area is 179 Å². The highest BCUT2D eigenvalue weighted by molar-refractivity contribution is 9.10.